The van der Waals surface area contributed by atoms with E-state index in [0.717, 1.165) is 19.3 Å². The van der Waals surface area contributed by atoms with Crippen LogP contribution in [0.5, 0.6) is 0 Å². The van der Waals surface area contributed by atoms with Crippen molar-refractivity contribution in [1.29, 1.82) is 0 Å². The Hall–Kier alpha value is -3.80. The van der Waals surface area contributed by atoms with Gasteiger partial charge in [0.2, 0.25) is 0 Å². The number of alkyl halides is 4. The van der Waals surface area contributed by atoms with Crippen molar-refractivity contribution in [2.75, 3.05) is 45.2 Å². The normalized spacial score (nSPS) is 13.9. The molecule has 1 aromatic carbocycles. The number of hydrogen-bond acceptors (Lipinski definition) is 6. The molecule has 12 heteroatoms. The maximum atomic E-state index is 13.6. The van der Waals surface area contributed by atoms with Crippen molar-refractivity contribution in [2.45, 2.75) is 31.5 Å². The van der Waals surface area contributed by atoms with E-state index in [2.05, 4.69) is 32.5 Å². The molecule has 2 N–H and O–H groups in total. The predicted molar refractivity (Wildman–Crippen MR) is 143 cm³/mol. The standard InChI is InChI=1S/C27H31F4N7O/c1-18(27(29,30)31)25-21-7-3-8-23(32-13-5-14-37(2)15-11-28)22(21)16-19(34-25)6-4-12-33-26(39)24-17-38(36-35-24)20-9-10-20/h3-4,6-8,16-17,20,32H,1,5,9-15H2,2H3,(H,33,39)/b6-4+. The van der Waals surface area contributed by atoms with Crippen LogP contribution < -0.4 is 10.6 Å². The monoisotopic (exact) mass is 545 g/mol. The van der Waals surface area contributed by atoms with Gasteiger partial charge < -0.3 is 15.5 Å². The molecule has 0 unspecified atom stereocenters. The van der Waals surface area contributed by atoms with Crippen LogP contribution in [-0.2, 0) is 0 Å². The predicted octanol–water partition coefficient (Wildman–Crippen LogP) is 4.88. The summed E-state index contributed by atoms with van der Waals surface area (Å²) in [5.41, 5.74) is -0.157. The van der Waals surface area contributed by atoms with E-state index in [1.807, 2.05) is 11.9 Å². The molecule has 39 heavy (non-hydrogen) atoms. The molecule has 1 aliphatic rings. The highest BCUT2D eigenvalue weighted by molar-refractivity contribution is 6.00. The molecule has 0 radical (unpaired) electrons. The van der Waals surface area contributed by atoms with E-state index in [1.165, 1.54) is 0 Å². The molecule has 1 aliphatic carbocycles. The first kappa shape index (κ1) is 28.2. The number of rotatable bonds is 13. The quantitative estimate of drug-likeness (QED) is 0.235. The first-order valence-electron chi connectivity index (χ1n) is 12.7. The number of allylic oxidation sites excluding steroid dienone is 1. The van der Waals surface area contributed by atoms with Crippen LogP contribution in [0.2, 0.25) is 0 Å². The molecular formula is C27H31F4N7O. The SMILES string of the molecule is C=C(c1nc(/C=C/CNC(=O)c2cn(C3CC3)nn2)cc2c(NCCCN(C)CCF)cccc12)C(F)(F)F. The molecular weight excluding hydrogens is 514 g/mol. The molecule has 4 rings (SSSR count). The summed E-state index contributed by atoms with van der Waals surface area (Å²) in [5, 5.41) is 14.7. The van der Waals surface area contributed by atoms with Crippen molar-refractivity contribution in [3.8, 4) is 0 Å². The Kier molecular flexibility index (Phi) is 8.95. The Bertz CT molecular complexity index is 1350. The molecule has 2 aromatic heterocycles. The Morgan fingerprint density at radius 3 is 2.77 bits per heavy atom. The molecule has 0 atom stereocenters. The zero-order chi connectivity index (χ0) is 28.0. The lowest BCUT2D eigenvalue weighted by molar-refractivity contribution is -0.0688. The van der Waals surface area contributed by atoms with Crippen molar-refractivity contribution in [1.82, 2.24) is 30.2 Å². The van der Waals surface area contributed by atoms with Crippen LogP contribution in [0.3, 0.4) is 0 Å². The molecule has 0 spiro atoms. The molecule has 0 aliphatic heterocycles. The third-order valence-electron chi connectivity index (χ3n) is 6.35. The number of nitrogens with zero attached hydrogens (tertiary/aromatic N) is 5. The number of carbonyl (C=O) groups is 1. The molecule has 1 amide bonds. The Morgan fingerprint density at radius 2 is 2.05 bits per heavy atom. The Labute approximate surface area is 223 Å². The van der Waals surface area contributed by atoms with Gasteiger partial charge in [-0.2, -0.15) is 13.2 Å². The van der Waals surface area contributed by atoms with Crippen LogP contribution in [-0.4, -0.2) is 76.9 Å². The number of fused-ring (bicyclic) bond motifs is 1. The maximum absolute atomic E-state index is 13.6. The minimum atomic E-state index is -4.65. The fourth-order valence-electron chi connectivity index (χ4n) is 4.05. The Morgan fingerprint density at radius 1 is 1.26 bits per heavy atom. The number of nitrogens with one attached hydrogen (secondary N) is 2. The molecule has 0 saturated heterocycles. The van der Waals surface area contributed by atoms with Crippen molar-refractivity contribution < 1.29 is 22.4 Å². The summed E-state index contributed by atoms with van der Waals surface area (Å²) in [6.45, 7) is 4.54. The highest BCUT2D eigenvalue weighted by atomic mass is 19.4. The maximum Gasteiger partial charge on any atom is 0.417 e. The summed E-state index contributed by atoms with van der Waals surface area (Å²) in [4.78, 5) is 18.5. The summed E-state index contributed by atoms with van der Waals surface area (Å²) < 4.78 is 55.1. The van der Waals surface area contributed by atoms with Crippen molar-refractivity contribution >= 4 is 34.0 Å². The van der Waals surface area contributed by atoms with Gasteiger partial charge in [-0.3, -0.25) is 4.79 Å². The van der Waals surface area contributed by atoms with Gasteiger partial charge in [0.15, 0.2) is 5.69 Å². The minimum Gasteiger partial charge on any atom is -0.384 e. The van der Waals surface area contributed by atoms with Gasteiger partial charge in [0.1, 0.15) is 6.67 Å². The van der Waals surface area contributed by atoms with Gasteiger partial charge in [0, 0.05) is 36.1 Å². The molecule has 1 fully saturated rings. The fraction of sp³-hybridized carbons (Fsp3) is 0.407. The molecule has 3 aromatic rings. The fourth-order valence-corrected chi connectivity index (χ4v) is 4.05. The summed E-state index contributed by atoms with van der Waals surface area (Å²) in [6, 6.07) is 7.03. The van der Waals surface area contributed by atoms with Gasteiger partial charge in [-0.1, -0.05) is 30.0 Å². The first-order valence-corrected chi connectivity index (χ1v) is 12.7. The number of aromatic nitrogens is 4. The van der Waals surface area contributed by atoms with Gasteiger partial charge in [0.05, 0.1) is 29.2 Å². The zero-order valence-electron chi connectivity index (χ0n) is 21.6. The highest BCUT2D eigenvalue weighted by Crippen LogP contribution is 2.37. The first-order chi connectivity index (χ1) is 18.7. The molecule has 1 saturated carbocycles. The second-order valence-electron chi connectivity index (χ2n) is 9.47. The van der Waals surface area contributed by atoms with Crippen LogP contribution in [0, 0.1) is 0 Å². The average molecular weight is 546 g/mol. The lowest BCUT2D eigenvalue weighted by Crippen LogP contribution is -2.23. The third kappa shape index (κ3) is 7.41. The number of carbonyl (C=O) groups excluding carboxylic acids is 1. The number of halogens is 4. The van der Waals surface area contributed by atoms with Crippen molar-refractivity contribution in [3.05, 3.63) is 60.2 Å². The van der Waals surface area contributed by atoms with Crippen LogP contribution in [0.15, 0.2) is 43.1 Å². The van der Waals surface area contributed by atoms with E-state index in [0.29, 0.717) is 42.1 Å². The molecule has 208 valence electrons. The van der Waals surface area contributed by atoms with Crippen LogP contribution in [0.25, 0.3) is 22.4 Å². The second kappa shape index (κ2) is 12.4. The summed E-state index contributed by atoms with van der Waals surface area (Å²) in [6.07, 6.45) is 2.86. The van der Waals surface area contributed by atoms with E-state index in [-0.39, 0.29) is 23.6 Å². The lowest BCUT2D eigenvalue weighted by atomic mass is 10.0. The Balaban J connectivity index is 1.50. The van der Waals surface area contributed by atoms with E-state index < -0.39 is 24.3 Å². The number of benzene rings is 1. The topological polar surface area (TPSA) is 88.0 Å². The average Bonchev–Trinajstić information content (AvgIpc) is 3.63. The summed E-state index contributed by atoms with van der Waals surface area (Å²) >= 11 is 0. The van der Waals surface area contributed by atoms with Gasteiger partial charge in [-0.15, -0.1) is 5.10 Å². The van der Waals surface area contributed by atoms with Crippen molar-refractivity contribution in [2.24, 2.45) is 0 Å². The van der Waals surface area contributed by atoms with Crippen molar-refractivity contribution in [3.63, 3.8) is 0 Å². The van der Waals surface area contributed by atoms with Gasteiger partial charge in [0.25, 0.3) is 5.91 Å². The lowest BCUT2D eigenvalue weighted by Gasteiger charge is -2.17. The number of hydrogen-bond donors (Lipinski definition) is 2. The van der Waals surface area contributed by atoms with E-state index >= 15 is 0 Å². The number of anilines is 1. The van der Waals surface area contributed by atoms with Gasteiger partial charge in [-0.25, -0.2) is 14.1 Å². The molecule has 0 bridgehead atoms. The van der Waals surface area contributed by atoms with E-state index in [1.54, 1.807) is 47.3 Å². The number of pyridine rings is 1. The smallest absolute Gasteiger partial charge is 0.384 e. The number of amides is 1. The second-order valence-corrected chi connectivity index (χ2v) is 9.47. The van der Waals surface area contributed by atoms with E-state index in [9.17, 15) is 22.4 Å². The highest BCUT2D eigenvalue weighted by Gasteiger charge is 2.35. The van der Waals surface area contributed by atoms with E-state index in [4.69, 9.17) is 0 Å². The largest absolute Gasteiger partial charge is 0.417 e. The van der Waals surface area contributed by atoms with Gasteiger partial charge in [-0.05, 0) is 51.1 Å². The summed E-state index contributed by atoms with van der Waals surface area (Å²) in [5.74, 6) is -0.396. The third-order valence-corrected chi connectivity index (χ3v) is 6.35. The van der Waals surface area contributed by atoms with Gasteiger partial charge >= 0.3 is 6.18 Å². The van der Waals surface area contributed by atoms with Crippen LogP contribution in [0.1, 0.15) is 47.2 Å². The minimum absolute atomic E-state index is 0.122. The zero-order valence-corrected chi connectivity index (χ0v) is 21.6. The molecule has 8 nitrogen and oxygen atoms in total. The van der Waals surface area contributed by atoms with Crippen LogP contribution in [0.4, 0.5) is 23.2 Å². The van der Waals surface area contributed by atoms with Crippen LogP contribution >= 0.6 is 0 Å². The summed E-state index contributed by atoms with van der Waals surface area (Å²) in [7, 11) is 1.83. The molecule has 2 heterocycles.